The van der Waals surface area contributed by atoms with Crippen LogP contribution in [0.5, 0.6) is 0 Å². The van der Waals surface area contributed by atoms with E-state index in [1.807, 2.05) is 0 Å². The molecule has 1 nitrogen and oxygen atoms in total. The summed E-state index contributed by atoms with van der Waals surface area (Å²) in [6.45, 7) is 9.02. The Morgan fingerprint density at radius 3 is 2.10 bits per heavy atom. The number of nitrogens with one attached hydrogen (secondary N) is 1. The first-order valence-corrected chi connectivity index (χ1v) is 4.55. The average molecular weight is 143 g/mol. The summed E-state index contributed by atoms with van der Waals surface area (Å²) in [6.07, 6.45) is 4.00. The maximum absolute atomic E-state index is 3.32. The Bertz CT molecular complexity index is 55.7. The molecular formula is C9H21N. The lowest BCUT2D eigenvalue weighted by molar-refractivity contribution is 0.563. The molecule has 1 aliphatic rings. The molecule has 1 saturated heterocycles. The van der Waals surface area contributed by atoms with Crippen molar-refractivity contribution in [3.63, 3.8) is 0 Å². The zero-order chi connectivity index (χ0) is 7.82. The molecule has 0 amide bonds. The Kier molecular flexibility index (Phi) is 7.04. The monoisotopic (exact) mass is 143 g/mol. The van der Waals surface area contributed by atoms with Crippen LogP contribution in [0.1, 0.15) is 40.0 Å². The number of hydrogen-bond donors (Lipinski definition) is 1. The zero-order valence-electron chi connectivity index (χ0n) is 7.61. The predicted octanol–water partition coefficient (Wildman–Crippen LogP) is 2.42. The van der Waals surface area contributed by atoms with E-state index in [1.54, 1.807) is 0 Å². The van der Waals surface area contributed by atoms with E-state index in [9.17, 15) is 0 Å². The summed E-state index contributed by atoms with van der Waals surface area (Å²) in [5.41, 5.74) is 0. The zero-order valence-corrected chi connectivity index (χ0v) is 7.61. The Morgan fingerprint density at radius 2 is 1.90 bits per heavy atom. The van der Waals surface area contributed by atoms with Gasteiger partial charge in [-0.1, -0.05) is 33.6 Å². The Morgan fingerprint density at radius 1 is 1.30 bits per heavy atom. The van der Waals surface area contributed by atoms with Crippen molar-refractivity contribution >= 4 is 0 Å². The standard InChI is InChI=1S/C6H13N.C3H8/c1-2-6-3-4-7-5-6;1-3-2/h6-7H,2-5H2,1H3;3H2,1-2H3. The molecule has 0 aromatic rings. The van der Waals surface area contributed by atoms with E-state index in [0.717, 1.165) is 5.92 Å². The summed E-state index contributed by atoms with van der Waals surface area (Å²) in [5.74, 6) is 0.986. The Balaban J connectivity index is 0.000000236. The fourth-order valence-electron chi connectivity index (χ4n) is 1.06. The van der Waals surface area contributed by atoms with Gasteiger partial charge in [-0.05, 0) is 25.4 Å². The highest BCUT2D eigenvalue weighted by Crippen LogP contribution is 2.09. The van der Waals surface area contributed by atoms with E-state index in [2.05, 4.69) is 26.1 Å². The normalized spacial score (nSPS) is 23.7. The molecule has 0 aromatic carbocycles. The average Bonchev–Trinajstić information content (AvgIpc) is 2.39. The van der Waals surface area contributed by atoms with Crippen molar-refractivity contribution in [3.8, 4) is 0 Å². The van der Waals surface area contributed by atoms with E-state index in [-0.39, 0.29) is 0 Å². The first-order valence-electron chi connectivity index (χ1n) is 4.55. The van der Waals surface area contributed by atoms with Gasteiger partial charge >= 0.3 is 0 Å². The molecule has 0 aromatic heterocycles. The summed E-state index contributed by atoms with van der Waals surface area (Å²) >= 11 is 0. The lowest BCUT2D eigenvalue weighted by atomic mass is 10.1. The maximum atomic E-state index is 3.32. The smallest absolute Gasteiger partial charge is 0.00201 e. The molecule has 1 unspecified atom stereocenters. The fourth-order valence-corrected chi connectivity index (χ4v) is 1.06. The van der Waals surface area contributed by atoms with Crippen molar-refractivity contribution in [2.75, 3.05) is 13.1 Å². The minimum absolute atomic E-state index is 0.986. The van der Waals surface area contributed by atoms with E-state index in [0.29, 0.717) is 0 Å². The molecule has 1 heteroatoms. The molecule has 1 fully saturated rings. The highest BCUT2D eigenvalue weighted by Gasteiger charge is 2.10. The van der Waals surface area contributed by atoms with E-state index >= 15 is 0 Å². The summed E-state index contributed by atoms with van der Waals surface area (Å²) in [5, 5.41) is 3.32. The molecule has 62 valence electrons. The van der Waals surface area contributed by atoms with Crippen LogP contribution in [0.3, 0.4) is 0 Å². The van der Waals surface area contributed by atoms with Gasteiger partial charge in [0.2, 0.25) is 0 Å². The Hall–Kier alpha value is -0.0400. The minimum atomic E-state index is 0.986. The third kappa shape index (κ3) is 4.80. The molecule has 1 heterocycles. The molecule has 10 heavy (non-hydrogen) atoms. The van der Waals surface area contributed by atoms with Gasteiger partial charge in [0.15, 0.2) is 0 Å². The summed E-state index contributed by atoms with van der Waals surface area (Å²) < 4.78 is 0. The molecule has 1 rings (SSSR count). The summed E-state index contributed by atoms with van der Waals surface area (Å²) in [7, 11) is 0. The topological polar surface area (TPSA) is 12.0 Å². The highest BCUT2D eigenvalue weighted by atomic mass is 14.9. The predicted molar refractivity (Wildman–Crippen MR) is 47.2 cm³/mol. The van der Waals surface area contributed by atoms with Crippen LogP contribution in [0, 0.1) is 5.92 Å². The SMILES string of the molecule is CCC.CCC1CCNC1. The van der Waals surface area contributed by atoms with E-state index < -0.39 is 0 Å². The second-order valence-corrected chi connectivity index (χ2v) is 2.97. The Labute approximate surface area is 65.2 Å². The molecule has 0 radical (unpaired) electrons. The van der Waals surface area contributed by atoms with Gasteiger partial charge in [-0.2, -0.15) is 0 Å². The van der Waals surface area contributed by atoms with E-state index in [1.165, 1.54) is 32.4 Å². The first-order chi connectivity index (χ1) is 4.85. The molecule has 0 spiro atoms. The van der Waals surface area contributed by atoms with Crippen molar-refractivity contribution < 1.29 is 0 Å². The third-order valence-corrected chi connectivity index (χ3v) is 1.74. The first kappa shape index (κ1) is 9.96. The van der Waals surface area contributed by atoms with Gasteiger partial charge in [0.1, 0.15) is 0 Å². The van der Waals surface area contributed by atoms with E-state index in [4.69, 9.17) is 0 Å². The molecule has 1 aliphatic heterocycles. The molecule has 0 bridgehead atoms. The molecule has 1 N–H and O–H groups in total. The van der Waals surface area contributed by atoms with Crippen LogP contribution in [0.4, 0.5) is 0 Å². The largest absolute Gasteiger partial charge is 0.316 e. The lowest BCUT2D eigenvalue weighted by Crippen LogP contribution is -2.07. The van der Waals surface area contributed by atoms with Crippen molar-refractivity contribution in [1.82, 2.24) is 5.32 Å². The lowest BCUT2D eigenvalue weighted by Gasteiger charge is -1.98. The van der Waals surface area contributed by atoms with Gasteiger partial charge in [0, 0.05) is 0 Å². The second-order valence-electron chi connectivity index (χ2n) is 2.97. The maximum Gasteiger partial charge on any atom is -0.00201 e. The second kappa shape index (κ2) is 7.07. The van der Waals surface area contributed by atoms with Gasteiger partial charge in [0.05, 0.1) is 0 Å². The van der Waals surface area contributed by atoms with Gasteiger partial charge < -0.3 is 5.32 Å². The molecule has 0 saturated carbocycles. The van der Waals surface area contributed by atoms with Crippen LogP contribution < -0.4 is 5.32 Å². The van der Waals surface area contributed by atoms with Crippen molar-refractivity contribution in [1.29, 1.82) is 0 Å². The fraction of sp³-hybridized carbons (Fsp3) is 1.00. The highest BCUT2D eigenvalue weighted by molar-refractivity contribution is 4.68. The quantitative estimate of drug-likeness (QED) is 0.594. The van der Waals surface area contributed by atoms with Crippen LogP contribution in [-0.4, -0.2) is 13.1 Å². The van der Waals surface area contributed by atoms with Crippen LogP contribution in [0.15, 0.2) is 0 Å². The van der Waals surface area contributed by atoms with Crippen LogP contribution >= 0.6 is 0 Å². The van der Waals surface area contributed by atoms with Crippen molar-refractivity contribution in [2.24, 2.45) is 5.92 Å². The summed E-state index contributed by atoms with van der Waals surface area (Å²) in [4.78, 5) is 0. The third-order valence-electron chi connectivity index (χ3n) is 1.74. The minimum Gasteiger partial charge on any atom is -0.316 e. The van der Waals surface area contributed by atoms with Gasteiger partial charge in [-0.3, -0.25) is 0 Å². The molecule has 0 aliphatic carbocycles. The van der Waals surface area contributed by atoms with Crippen LogP contribution in [0.25, 0.3) is 0 Å². The van der Waals surface area contributed by atoms with Crippen LogP contribution in [-0.2, 0) is 0 Å². The molecule has 1 atom stereocenters. The number of hydrogen-bond acceptors (Lipinski definition) is 1. The van der Waals surface area contributed by atoms with Gasteiger partial charge in [-0.15, -0.1) is 0 Å². The molecular weight excluding hydrogens is 122 g/mol. The number of rotatable bonds is 1. The van der Waals surface area contributed by atoms with Crippen molar-refractivity contribution in [3.05, 3.63) is 0 Å². The summed E-state index contributed by atoms with van der Waals surface area (Å²) in [6, 6.07) is 0. The van der Waals surface area contributed by atoms with Crippen molar-refractivity contribution in [2.45, 2.75) is 40.0 Å². The van der Waals surface area contributed by atoms with Gasteiger partial charge in [-0.25, -0.2) is 0 Å². The van der Waals surface area contributed by atoms with Gasteiger partial charge in [0.25, 0.3) is 0 Å². The van der Waals surface area contributed by atoms with Crippen LogP contribution in [0.2, 0.25) is 0 Å².